The van der Waals surface area contributed by atoms with Gasteiger partial charge in [-0.1, -0.05) is 29.3 Å². The van der Waals surface area contributed by atoms with Gasteiger partial charge in [0.25, 0.3) is 0 Å². The molecular formula is C16H16ClFN2O3S. The van der Waals surface area contributed by atoms with Crippen LogP contribution in [-0.2, 0) is 14.8 Å². The summed E-state index contributed by atoms with van der Waals surface area (Å²) in [5.41, 5.74) is 1.81. The summed E-state index contributed by atoms with van der Waals surface area (Å²) in [7, 11) is -3.81. The van der Waals surface area contributed by atoms with Crippen LogP contribution in [-0.4, -0.2) is 20.9 Å². The third-order valence-electron chi connectivity index (χ3n) is 3.25. The van der Waals surface area contributed by atoms with E-state index >= 15 is 0 Å². The van der Waals surface area contributed by atoms with E-state index in [2.05, 4.69) is 10.0 Å². The molecule has 0 aromatic heterocycles. The molecular weight excluding hydrogens is 355 g/mol. The predicted molar refractivity (Wildman–Crippen MR) is 91.1 cm³/mol. The Balaban J connectivity index is 2.03. The highest BCUT2D eigenvalue weighted by molar-refractivity contribution is 7.89. The van der Waals surface area contributed by atoms with E-state index in [0.717, 1.165) is 11.6 Å². The maximum atomic E-state index is 13.1. The van der Waals surface area contributed by atoms with E-state index in [4.69, 9.17) is 11.6 Å². The summed E-state index contributed by atoms with van der Waals surface area (Å²) in [5.74, 6) is -1.20. The zero-order valence-corrected chi connectivity index (χ0v) is 14.6. The Morgan fingerprint density at radius 1 is 1.17 bits per heavy atom. The van der Waals surface area contributed by atoms with E-state index in [9.17, 15) is 17.6 Å². The van der Waals surface area contributed by atoms with E-state index in [1.54, 1.807) is 19.1 Å². The first-order valence-corrected chi connectivity index (χ1v) is 8.87. The minimum absolute atomic E-state index is 0.116. The number of carbonyl (C=O) groups is 1. The van der Waals surface area contributed by atoms with Gasteiger partial charge in [-0.15, -0.1) is 0 Å². The van der Waals surface area contributed by atoms with E-state index in [1.165, 1.54) is 18.2 Å². The third-order valence-corrected chi connectivity index (χ3v) is 5.10. The van der Waals surface area contributed by atoms with Crippen molar-refractivity contribution in [3.8, 4) is 0 Å². The van der Waals surface area contributed by atoms with Crippen LogP contribution in [0.4, 0.5) is 10.1 Å². The number of rotatable bonds is 5. The van der Waals surface area contributed by atoms with Crippen LogP contribution in [0.3, 0.4) is 0 Å². The zero-order chi connectivity index (χ0) is 17.9. The molecule has 8 heteroatoms. The van der Waals surface area contributed by atoms with Crippen LogP contribution in [0.25, 0.3) is 0 Å². The van der Waals surface area contributed by atoms with Gasteiger partial charge in [-0.3, -0.25) is 4.79 Å². The van der Waals surface area contributed by atoms with Crippen molar-refractivity contribution < 1.29 is 17.6 Å². The van der Waals surface area contributed by atoms with E-state index in [1.807, 2.05) is 6.92 Å². The Kier molecular flexibility index (Phi) is 5.58. The largest absolute Gasteiger partial charge is 0.325 e. The highest BCUT2D eigenvalue weighted by Crippen LogP contribution is 2.19. The Hall–Kier alpha value is -1.96. The lowest BCUT2D eigenvalue weighted by molar-refractivity contribution is -0.115. The molecule has 24 heavy (non-hydrogen) atoms. The number of aryl methyl sites for hydroxylation is 2. The number of hydrogen-bond acceptors (Lipinski definition) is 3. The van der Waals surface area contributed by atoms with Crippen LogP contribution >= 0.6 is 11.6 Å². The van der Waals surface area contributed by atoms with Crippen molar-refractivity contribution in [1.29, 1.82) is 0 Å². The number of benzene rings is 2. The highest BCUT2D eigenvalue weighted by atomic mass is 35.5. The number of amides is 1. The molecule has 0 radical (unpaired) electrons. The predicted octanol–water partition coefficient (Wildman–Crippen LogP) is 3.01. The lowest BCUT2D eigenvalue weighted by Crippen LogP contribution is -2.33. The molecule has 0 atom stereocenters. The fourth-order valence-corrected chi connectivity index (χ4v) is 3.51. The monoisotopic (exact) mass is 370 g/mol. The molecule has 0 bridgehead atoms. The zero-order valence-electron chi connectivity index (χ0n) is 13.1. The Morgan fingerprint density at radius 2 is 1.88 bits per heavy atom. The molecule has 0 aliphatic heterocycles. The average Bonchev–Trinajstić information content (AvgIpc) is 2.49. The molecule has 0 aliphatic carbocycles. The molecule has 0 saturated carbocycles. The van der Waals surface area contributed by atoms with Gasteiger partial charge in [0.1, 0.15) is 5.82 Å². The molecule has 1 amide bonds. The average molecular weight is 371 g/mol. The lowest BCUT2D eigenvalue weighted by atomic mass is 10.2. The second kappa shape index (κ2) is 7.29. The number of hydrogen-bond donors (Lipinski definition) is 2. The molecule has 2 N–H and O–H groups in total. The molecule has 0 heterocycles. The summed E-state index contributed by atoms with van der Waals surface area (Å²) in [4.78, 5) is 12.0. The molecule has 128 valence electrons. The van der Waals surface area contributed by atoms with Crippen LogP contribution in [0.15, 0.2) is 41.3 Å². The molecule has 2 aromatic rings. The molecule has 0 saturated heterocycles. The van der Waals surface area contributed by atoms with Crippen LogP contribution in [0, 0.1) is 19.7 Å². The summed E-state index contributed by atoms with van der Waals surface area (Å²) < 4.78 is 39.8. The summed E-state index contributed by atoms with van der Waals surface area (Å²) in [6.45, 7) is 3.09. The van der Waals surface area contributed by atoms with Gasteiger partial charge in [-0.25, -0.2) is 17.5 Å². The van der Waals surface area contributed by atoms with Gasteiger partial charge in [0, 0.05) is 5.69 Å². The molecule has 0 unspecified atom stereocenters. The minimum Gasteiger partial charge on any atom is -0.325 e. The van der Waals surface area contributed by atoms with Crippen molar-refractivity contribution in [3.05, 3.63) is 58.4 Å². The molecule has 0 fully saturated rings. The fraction of sp³-hybridized carbons (Fsp3) is 0.188. The first-order chi connectivity index (χ1) is 11.2. The summed E-state index contributed by atoms with van der Waals surface area (Å²) in [6.07, 6.45) is 0. The number of sulfonamides is 1. The summed E-state index contributed by atoms with van der Waals surface area (Å²) in [5, 5.41) is 2.31. The van der Waals surface area contributed by atoms with E-state index in [0.29, 0.717) is 5.56 Å². The smallest absolute Gasteiger partial charge is 0.241 e. The van der Waals surface area contributed by atoms with Crippen molar-refractivity contribution in [2.75, 3.05) is 11.9 Å². The lowest BCUT2D eigenvalue weighted by Gasteiger charge is -2.10. The van der Waals surface area contributed by atoms with Gasteiger partial charge in [-0.2, -0.15) is 0 Å². The first kappa shape index (κ1) is 18.4. The van der Waals surface area contributed by atoms with Gasteiger partial charge in [0.05, 0.1) is 16.5 Å². The normalized spacial score (nSPS) is 11.3. The molecule has 5 nitrogen and oxygen atoms in total. The van der Waals surface area contributed by atoms with Crippen molar-refractivity contribution >= 4 is 33.2 Å². The van der Waals surface area contributed by atoms with Crippen molar-refractivity contribution in [2.24, 2.45) is 0 Å². The van der Waals surface area contributed by atoms with E-state index < -0.39 is 28.3 Å². The van der Waals surface area contributed by atoms with Gasteiger partial charge in [0.2, 0.25) is 15.9 Å². The Morgan fingerprint density at radius 3 is 2.50 bits per heavy atom. The highest BCUT2D eigenvalue weighted by Gasteiger charge is 2.18. The minimum atomic E-state index is -3.81. The number of halogens is 2. The second-order valence-corrected chi connectivity index (χ2v) is 7.41. The van der Waals surface area contributed by atoms with Crippen LogP contribution in [0.1, 0.15) is 11.1 Å². The number of anilines is 1. The number of carbonyl (C=O) groups excluding carboxylic acids is 1. The molecule has 0 spiro atoms. The second-order valence-electron chi connectivity index (χ2n) is 5.27. The van der Waals surface area contributed by atoms with Gasteiger partial charge < -0.3 is 5.32 Å². The Bertz CT molecular complexity index is 885. The topological polar surface area (TPSA) is 75.3 Å². The van der Waals surface area contributed by atoms with Crippen LogP contribution < -0.4 is 10.0 Å². The fourth-order valence-electron chi connectivity index (χ4n) is 2.12. The molecule has 2 rings (SSSR count). The van der Waals surface area contributed by atoms with Gasteiger partial charge in [-0.05, 0) is 43.7 Å². The third kappa shape index (κ3) is 4.53. The van der Waals surface area contributed by atoms with E-state index in [-0.39, 0.29) is 15.6 Å². The SMILES string of the molecule is Cc1ccc(S(=O)(=O)NCC(=O)Nc2ccc(F)c(Cl)c2)c(C)c1. The first-order valence-electron chi connectivity index (χ1n) is 7.01. The van der Waals surface area contributed by atoms with Crippen molar-refractivity contribution in [2.45, 2.75) is 18.7 Å². The van der Waals surface area contributed by atoms with Crippen molar-refractivity contribution in [1.82, 2.24) is 4.72 Å². The molecule has 0 aliphatic rings. The number of nitrogens with one attached hydrogen (secondary N) is 2. The molecule has 2 aromatic carbocycles. The van der Waals surface area contributed by atoms with Gasteiger partial charge in [0.15, 0.2) is 0 Å². The summed E-state index contributed by atoms with van der Waals surface area (Å²) >= 11 is 5.62. The Labute approximate surface area is 144 Å². The van der Waals surface area contributed by atoms with Crippen LogP contribution in [0.5, 0.6) is 0 Å². The van der Waals surface area contributed by atoms with Crippen LogP contribution in [0.2, 0.25) is 5.02 Å². The standard InChI is InChI=1S/C16H16ClFN2O3S/c1-10-3-6-15(11(2)7-10)24(22,23)19-9-16(21)20-12-4-5-14(18)13(17)8-12/h3-8,19H,9H2,1-2H3,(H,20,21). The summed E-state index contributed by atoms with van der Waals surface area (Å²) in [6, 6.07) is 8.60. The van der Waals surface area contributed by atoms with Gasteiger partial charge >= 0.3 is 0 Å². The maximum Gasteiger partial charge on any atom is 0.241 e. The quantitative estimate of drug-likeness (QED) is 0.849. The van der Waals surface area contributed by atoms with Crippen molar-refractivity contribution in [3.63, 3.8) is 0 Å². The maximum absolute atomic E-state index is 13.1.